The van der Waals surface area contributed by atoms with E-state index in [1.54, 1.807) is 30.6 Å². The monoisotopic (exact) mass is 390 g/mol. The van der Waals surface area contributed by atoms with Crippen molar-refractivity contribution in [2.45, 2.75) is 12.1 Å². The van der Waals surface area contributed by atoms with Gasteiger partial charge in [0.1, 0.15) is 5.75 Å². The average molecular weight is 391 g/mol. The number of nitrogens with zero attached hydrogens (tertiary/aromatic N) is 3. The van der Waals surface area contributed by atoms with E-state index in [4.69, 9.17) is 20.8 Å². The van der Waals surface area contributed by atoms with Crippen LogP contribution in [0.3, 0.4) is 0 Å². The summed E-state index contributed by atoms with van der Waals surface area (Å²) in [5.74, 6) is 0.738. The molecule has 26 heavy (non-hydrogen) atoms. The number of anilines is 1. The van der Waals surface area contributed by atoms with E-state index in [0.29, 0.717) is 27.6 Å². The van der Waals surface area contributed by atoms with Crippen molar-refractivity contribution >= 4 is 35.0 Å². The van der Waals surface area contributed by atoms with Crippen molar-refractivity contribution in [2.75, 3.05) is 18.2 Å². The molecule has 9 heteroatoms. The zero-order valence-electron chi connectivity index (χ0n) is 14.0. The number of pyridine rings is 1. The molecule has 3 rings (SSSR count). The van der Waals surface area contributed by atoms with Crippen LogP contribution < -0.4 is 10.1 Å². The second kappa shape index (κ2) is 8.20. The highest BCUT2D eigenvalue weighted by atomic mass is 35.5. The summed E-state index contributed by atoms with van der Waals surface area (Å²) >= 11 is 7.21. The van der Waals surface area contributed by atoms with E-state index in [1.165, 1.54) is 7.11 Å². The molecule has 7 nitrogen and oxygen atoms in total. The molecule has 0 spiro atoms. The lowest BCUT2D eigenvalue weighted by atomic mass is 10.2. The third-order valence-corrected chi connectivity index (χ3v) is 4.62. The number of carbonyl (C=O) groups excluding carboxylic acids is 1. The summed E-state index contributed by atoms with van der Waals surface area (Å²) in [6, 6.07) is 7.02. The van der Waals surface area contributed by atoms with Gasteiger partial charge in [-0.05, 0) is 30.7 Å². The molecule has 1 amide bonds. The van der Waals surface area contributed by atoms with Crippen LogP contribution in [0, 0.1) is 6.92 Å². The van der Waals surface area contributed by atoms with Gasteiger partial charge in [0.15, 0.2) is 0 Å². The number of aryl methyl sites for hydroxylation is 1. The minimum absolute atomic E-state index is 0.111. The molecule has 1 N–H and O–H groups in total. The van der Waals surface area contributed by atoms with Crippen LogP contribution >= 0.6 is 23.4 Å². The van der Waals surface area contributed by atoms with Gasteiger partial charge in [-0.1, -0.05) is 23.4 Å². The fourth-order valence-electron chi connectivity index (χ4n) is 2.12. The summed E-state index contributed by atoms with van der Waals surface area (Å²) in [5, 5.41) is 11.6. The van der Waals surface area contributed by atoms with Crippen LogP contribution in [-0.4, -0.2) is 34.0 Å². The van der Waals surface area contributed by atoms with Crippen LogP contribution in [0.15, 0.2) is 46.3 Å². The Bertz CT molecular complexity index is 918. The Balaban J connectivity index is 1.62. The van der Waals surface area contributed by atoms with Crippen LogP contribution in [0.25, 0.3) is 11.5 Å². The van der Waals surface area contributed by atoms with E-state index in [9.17, 15) is 4.79 Å². The fourth-order valence-corrected chi connectivity index (χ4v) is 2.83. The van der Waals surface area contributed by atoms with Crippen molar-refractivity contribution in [3.63, 3.8) is 0 Å². The number of ether oxygens (including phenoxy) is 1. The van der Waals surface area contributed by atoms with Crippen molar-refractivity contribution in [1.29, 1.82) is 0 Å². The number of carbonyl (C=O) groups is 1. The Morgan fingerprint density at radius 1 is 1.38 bits per heavy atom. The molecule has 0 saturated heterocycles. The summed E-state index contributed by atoms with van der Waals surface area (Å²) in [5.41, 5.74) is 2.12. The molecule has 0 aliphatic carbocycles. The Morgan fingerprint density at radius 2 is 2.23 bits per heavy atom. The SMILES string of the molecule is COc1cc(Cl)c(C)cc1NC(=O)CSc1nnc(-c2cccnc2)o1. The minimum Gasteiger partial charge on any atom is -0.495 e. The van der Waals surface area contributed by atoms with Crippen molar-refractivity contribution in [2.24, 2.45) is 0 Å². The molecule has 2 heterocycles. The molecule has 0 radical (unpaired) electrons. The molecule has 0 aliphatic rings. The summed E-state index contributed by atoms with van der Waals surface area (Å²) < 4.78 is 10.8. The van der Waals surface area contributed by atoms with Gasteiger partial charge in [-0.15, -0.1) is 10.2 Å². The minimum atomic E-state index is -0.226. The number of halogens is 1. The van der Waals surface area contributed by atoms with E-state index in [0.717, 1.165) is 22.9 Å². The predicted molar refractivity (Wildman–Crippen MR) is 99.6 cm³/mol. The number of thioether (sulfide) groups is 1. The van der Waals surface area contributed by atoms with Crippen molar-refractivity contribution in [3.05, 3.63) is 47.2 Å². The smallest absolute Gasteiger partial charge is 0.277 e. The molecule has 0 aliphatic heterocycles. The zero-order chi connectivity index (χ0) is 18.5. The topological polar surface area (TPSA) is 90.1 Å². The first-order chi connectivity index (χ1) is 12.6. The van der Waals surface area contributed by atoms with Gasteiger partial charge in [-0.2, -0.15) is 0 Å². The third kappa shape index (κ3) is 4.33. The first kappa shape index (κ1) is 18.2. The lowest BCUT2D eigenvalue weighted by molar-refractivity contribution is -0.113. The number of hydrogen-bond donors (Lipinski definition) is 1. The summed E-state index contributed by atoms with van der Waals surface area (Å²) in [7, 11) is 1.52. The number of benzene rings is 1. The first-order valence-corrected chi connectivity index (χ1v) is 8.94. The van der Waals surface area contributed by atoms with Crippen LogP contribution in [0.2, 0.25) is 5.02 Å². The summed E-state index contributed by atoms with van der Waals surface area (Å²) in [6.07, 6.45) is 3.29. The summed E-state index contributed by atoms with van der Waals surface area (Å²) in [4.78, 5) is 16.2. The van der Waals surface area contributed by atoms with Crippen molar-refractivity contribution in [1.82, 2.24) is 15.2 Å². The highest BCUT2D eigenvalue weighted by Gasteiger charge is 2.14. The standard InChI is InChI=1S/C17H15ClN4O3S/c1-10-6-13(14(24-2)7-12(10)18)20-15(23)9-26-17-22-21-16(25-17)11-4-3-5-19-8-11/h3-8H,9H2,1-2H3,(H,20,23). The Labute approximate surface area is 159 Å². The Kier molecular flexibility index (Phi) is 5.75. The second-order valence-corrected chi connectivity index (χ2v) is 6.59. The number of rotatable bonds is 6. The first-order valence-electron chi connectivity index (χ1n) is 7.57. The largest absolute Gasteiger partial charge is 0.495 e. The van der Waals surface area contributed by atoms with Crippen LogP contribution in [-0.2, 0) is 4.79 Å². The maximum absolute atomic E-state index is 12.2. The van der Waals surface area contributed by atoms with E-state index in [1.807, 2.05) is 13.0 Å². The molecule has 0 atom stereocenters. The van der Waals surface area contributed by atoms with Crippen LogP contribution in [0.5, 0.6) is 5.75 Å². The molecule has 0 bridgehead atoms. The molecular formula is C17H15ClN4O3S. The van der Waals surface area contributed by atoms with Gasteiger partial charge < -0.3 is 14.5 Å². The lowest BCUT2D eigenvalue weighted by Crippen LogP contribution is -2.15. The van der Waals surface area contributed by atoms with Gasteiger partial charge in [-0.25, -0.2) is 0 Å². The lowest BCUT2D eigenvalue weighted by Gasteiger charge is -2.11. The average Bonchev–Trinajstić information content (AvgIpc) is 3.12. The molecular weight excluding hydrogens is 376 g/mol. The molecule has 0 unspecified atom stereocenters. The van der Waals surface area contributed by atoms with Crippen LogP contribution in [0.4, 0.5) is 5.69 Å². The van der Waals surface area contributed by atoms with Gasteiger partial charge >= 0.3 is 0 Å². The number of aromatic nitrogens is 3. The quantitative estimate of drug-likeness (QED) is 0.639. The van der Waals surface area contributed by atoms with Gasteiger partial charge in [0, 0.05) is 23.5 Å². The van der Waals surface area contributed by atoms with Gasteiger partial charge in [0.25, 0.3) is 5.22 Å². The molecule has 1 aromatic carbocycles. The number of hydrogen-bond acceptors (Lipinski definition) is 7. The van der Waals surface area contributed by atoms with E-state index >= 15 is 0 Å². The normalized spacial score (nSPS) is 10.6. The third-order valence-electron chi connectivity index (χ3n) is 3.40. The number of methoxy groups -OCH3 is 1. The molecule has 134 valence electrons. The van der Waals surface area contributed by atoms with Gasteiger partial charge in [-0.3, -0.25) is 9.78 Å². The predicted octanol–water partition coefficient (Wildman–Crippen LogP) is 3.83. The van der Waals surface area contributed by atoms with Crippen LogP contribution in [0.1, 0.15) is 5.56 Å². The van der Waals surface area contributed by atoms with E-state index < -0.39 is 0 Å². The molecule has 0 saturated carbocycles. The van der Waals surface area contributed by atoms with E-state index in [-0.39, 0.29) is 11.7 Å². The van der Waals surface area contributed by atoms with Gasteiger partial charge in [0.2, 0.25) is 11.8 Å². The fraction of sp³-hybridized carbons (Fsp3) is 0.176. The second-order valence-electron chi connectivity index (χ2n) is 5.25. The molecule has 3 aromatic rings. The maximum Gasteiger partial charge on any atom is 0.277 e. The molecule has 0 fully saturated rings. The highest BCUT2D eigenvalue weighted by Crippen LogP contribution is 2.31. The number of nitrogens with one attached hydrogen (secondary N) is 1. The zero-order valence-corrected chi connectivity index (χ0v) is 15.6. The van der Waals surface area contributed by atoms with Crippen molar-refractivity contribution in [3.8, 4) is 17.2 Å². The Morgan fingerprint density at radius 3 is 2.96 bits per heavy atom. The maximum atomic E-state index is 12.2. The highest BCUT2D eigenvalue weighted by molar-refractivity contribution is 7.99. The molecule has 2 aromatic heterocycles. The van der Waals surface area contributed by atoms with Crippen molar-refractivity contribution < 1.29 is 13.9 Å². The Hall–Kier alpha value is -2.58. The van der Waals surface area contributed by atoms with E-state index in [2.05, 4.69) is 20.5 Å². The summed E-state index contributed by atoms with van der Waals surface area (Å²) in [6.45, 7) is 1.85. The number of amides is 1. The van der Waals surface area contributed by atoms with Gasteiger partial charge in [0.05, 0.1) is 24.1 Å².